The van der Waals surface area contributed by atoms with Gasteiger partial charge in [-0.25, -0.2) is 0 Å². The van der Waals surface area contributed by atoms with Crippen molar-refractivity contribution >= 4 is 11.6 Å². The molecule has 138 valence electrons. The van der Waals surface area contributed by atoms with Crippen LogP contribution in [-0.2, 0) is 11.4 Å². The Morgan fingerprint density at radius 2 is 1.59 bits per heavy atom. The fraction of sp³-hybridized carbons (Fsp3) is 0.174. The zero-order valence-electron chi connectivity index (χ0n) is 15.6. The molecule has 0 bridgehead atoms. The maximum absolute atomic E-state index is 12.1. The molecule has 0 aliphatic rings. The summed E-state index contributed by atoms with van der Waals surface area (Å²) < 4.78 is 11.4. The molecule has 4 nitrogen and oxygen atoms in total. The Bertz CT molecular complexity index is 889. The van der Waals surface area contributed by atoms with E-state index < -0.39 is 0 Å². The predicted octanol–water partition coefficient (Wildman–Crippen LogP) is 4.90. The molecule has 1 N–H and O–H groups in total. The van der Waals surface area contributed by atoms with Gasteiger partial charge in [0.2, 0.25) is 0 Å². The Kier molecular flexibility index (Phi) is 6.10. The number of anilines is 1. The normalized spacial score (nSPS) is 10.3. The first-order chi connectivity index (χ1) is 13.1. The molecule has 4 heteroatoms. The molecule has 0 aromatic heterocycles. The fourth-order valence-electron chi connectivity index (χ4n) is 2.60. The van der Waals surface area contributed by atoms with Crippen LogP contribution < -0.4 is 14.8 Å². The van der Waals surface area contributed by atoms with Crippen molar-refractivity contribution in [2.45, 2.75) is 20.5 Å². The summed E-state index contributed by atoms with van der Waals surface area (Å²) in [5.74, 6) is 1.28. The molecule has 0 atom stereocenters. The van der Waals surface area contributed by atoms with Crippen molar-refractivity contribution in [1.82, 2.24) is 0 Å². The van der Waals surface area contributed by atoms with E-state index in [0.717, 1.165) is 28.2 Å². The van der Waals surface area contributed by atoms with Crippen LogP contribution >= 0.6 is 0 Å². The summed E-state index contributed by atoms with van der Waals surface area (Å²) in [6.07, 6.45) is 0. The SMILES string of the molecule is Cc1cccc(OCC(=O)Nc2ccc(OCc3ccccc3)cc2)c1C. The Labute approximate surface area is 159 Å². The molecule has 0 aliphatic carbocycles. The number of benzene rings is 3. The van der Waals surface area contributed by atoms with Crippen molar-refractivity contribution < 1.29 is 14.3 Å². The van der Waals surface area contributed by atoms with Crippen molar-refractivity contribution in [3.63, 3.8) is 0 Å². The van der Waals surface area contributed by atoms with E-state index in [-0.39, 0.29) is 12.5 Å². The highest BCUT2D eigenvalue weighted by atomic mass is 16.5. The van der Waals surface area contributed by atoms with Crippen molar-refractivity contribution in [2.75, 3.05) is 11.9 Å². The van der Waals surface area contributed by atoms with Gasteiger partial charge >= 0.3 is 0 Å². The summed E-state index contributed by atoms with van der Waals surface area (Å²) in [4.78, 5) is 12.1. The molecule has 3 aromatic carbocycles. The third-order valence-electron chi connectivity index (χ3n) is 4.30. The predicted molar refractivity (Wildman–Crippen MR) is 107 cm³/mol. The maximum Gasteiger partial charge on any atom is 0.262 e. The number of amides is 1. The van der Waals surface area contributed by atoms with E-state index in [1.54, 1.807) is 0 Å². The molecule has 27 heavy (non-hydrogen) atoms. The smallest absolute Gasteiger partial charge is 0.262 e. The zero-order chi connectivity index (χ0) is 19.1. The van der Waals surface area contributed by atoms with Gasteiger partial charge in [-0.15, -0.1) is 0 Å². The number of aryl methyl sites for hydroxylation is 1. The summed E-state index contributed by atoms with van der Waals surface area (Å²) in [5.41, 5.74) is 4.00. The minimum Gasteiger partial charge on any atom is -0.489 e. The van der Waals surface area contributed by atoms with Gasteiger partial charge in [0.15, 0.2) is 6.61 Å². The van der Waals surface area contributed by atoms with Gasteiger partial charge in [0, 0.05) is 5.69 Å². The number of carbonyl (C=O) groups is 1. The second-order valence-corrected chi connectivity index (χ2v) is 6.33. The molecule has 0 heterocycles. The lowest BCUT2D eigenvalue weighted by atomic mass is 10.1. The quantitative estimate of drug-likeness (QED) is 0.651. The molecule has 0 saturated carbocycles. The van der Waals surface area contributed by atoms with E-state index in [1.165, 1.54) is 0 Å². The van der Waals surface area contributed by atoms with Gasteiger partial charge in [-0.3, -0.25) is 4.79 Å². The molecular weight excluding hydrogens is 338 g/mol. The van der Waals surface area contributed by atoms with Crippen LogP contribution in [0.25, 0.3) is 0 Å². The standard InChI is InChI=1S/C23H23NO3/c1-17-7-6-10-22(18(17)2)27-16-23(25)24-20-11-13-21(14-12-20)26-15-19-8-4-3-5-9-19/h3-14H,15-16H2,1-2H3,(H,24,25). The van der Waals surface area contributed by atoms with Crippen LogP contribution in [0.2, 0.25) is 0 Å². The van der Waals surface area contributed by atoms with Crippen molar-refractivity contribution in [3.8, 4) is 11.5 Å². The maximum atomic E-state index is 12.1. The Morgan fingerprint density at radius 3 is 2.33 bits per heavy atom. The monoisotopic (exact) mass is 361 g/mol. The molecule has 1 amide bonds. The van der Waals surface area contributed by atoms with E-state index in [0.29, 0.717) is 12.3 Å². The van der Waals surface area contributed by atoms with E-state index in [2.05, 4.69) is 5.32 Å². The van der Waals surface area contributed by atoms with E-state index in [4.69, 9.17) is 9.47 Å². The van der Waals surface area contributed by atoms with Crippen LogP contribution in [0.15, 0.2) is 72.8 Å². The first-order valence-corrected chi connectivity index (χ1v) is 8.87. The fourth-order valence-corrected chi connectivity index (χ4v) is 2.60. The van der Waals surface area contributed by atoms with Crippen molar-refractivity contribution in [2.24, 2.45) is 0 Å². The number of hydrogen-bond donors (Lipinski definition) is 1. The molecule has 0 fully saturated rings. The molecule has 0 spiro atoms. The van der Waals surface area contributed by atoms with Crippen LogP contribution in [0, 0.1) is 13.8 Å². The number of ether oxygens (including phenoxy) is 2. The highest BCUT2D eigenvalue weighted by Gasteiger charge is 2.07. The lowest BCUT2D eigenvalue weighted by Gasteiger charge is -2.11. The third-order valence-corrected chi connectivity index (χ3v) is 4.30. The van der Waals surface area contributed by atoms with Crippen LogP contribution in [0.4, 0.5) is 5.69 Å². The van der Waals surface area contributed by atoms with Crippen LogP contribution in [0.1, 0.15) is 16.7 Å². The number of nitrogens with one attached hydrogen (secondary N) is 1. The van der Waals surface area contributed by atoms with Crippen molar-refractivity contribution in [3.05, 3.63) is 89.5 Å². The molecule has 3 aromatic rings. The third kappa shape index (κ3) is 5.35. The molecule has 0 saturated heterocycles. The molecule has 0 unspecified atom stereocenters. The highest BCUT2D eigenvalue weighted by Crippen LogP contribution is 2.21. The Hall–Kier alpha value is -3.27. The minimum atomic E-state index is -0.200. The van der Waals surface area contributed by atoms with E-state index in [1.807, 2.05) is 86.6 Å². The molecular formula is C23H23NO3. The second-order valence-electron chi connectivity index (χ2n) is 6.33. The van der Waals surface area contributed by atoms with E-state index in [9.17, 15) is 4.79 Å². The average molecular weight is 361 g/mol. The van der Waals surface area contributed by atoms with Gasteiger partial charge in [-0.1, -0.05) is 42.5 Å². The average Bonchev–Trinajstić information content (AvgIpc) is 2.69. The van der Waals surface area contributed by atoms with Crippen LogP contribution in [0.3, 0.4) is 0 Å². The molecule has 3 rings (SSSR count). The lowest BCUT2D eigenvalue weighted by Crippen LogP contribution is -2.20. The first kappa shape index (κ1) is 18.5. The van der Waals surface area contributed by atoms with Gasteiger partial charge in [0.25, 0.3) is 5.91 Å². The van der Waals surface area contributed by atoms with Gasteiger partial charge in [0.05, 0.1) is 0 Å². The van der Waals surface area contributed by atoms with Gasteiger partial charge in [-0.05, 0) is 60.9 Å². The second kappa shape index (κ2) is 8.90. The van der Waals surface area contributed by atoms with Gasteiger partial charge in [0.1, 0.15) is 18.1 Å². The number of carbonyl (C=O) groups excluding carboxylic acids is 1. The van der Waals surface area contributed by atoms with Crippen LogP contribution in [0.5, 0.6) is 11.5 Å². The summed E-state index contributed by atoms with van der Waals surface area (Å²) >= 11 is 0. The molecule has 0 aliphatic heterocycles. The Morgan fingerprint density at radius 1 is 0.852 bits per heavy atom. The zero-order valence-corrected chi connectivity index (χ0v) is 15.6. The first-order valence-electron chi connectivity index (χ1n) is 8.87. The minimum absolute atomic E-state index is 0.0312. The largest absolute Gasteiger partial charge is 0.489 e. The van der Waals surface area contributed by atoms with Crippen molar-refractivity contribution in [1.29, 1.82) is 0 Å². The summed E-state index contributed by atoms with van der Waals surface area (Å²) in [5, 5.41) is 2.83. The van der Waals surface area contributed by atoms with Gasteiger partial charge < -0.3 is 14.8 Å². The lowest BCUT2D eigenvalue weighted by molar-refractivity contribution is -0.118. The molecule has 0 radical (unpaired) electrons. The summed E-state index contributed by atoms with van der Waals surface area (Å²) in [7, 11) is 0. The number of rotatable bonds is 7. The topological polar surface area (TPSA) is 47.6 Å². The van der Waals surface area contributed by atoms with Gasteiger partial charge in [-0.2, -0.15) is 0 Å². The highest BCUT2D eigenvalue weighted by molar-refractivity contribution is 5.91. The Balaban J connectivity index is 1.49. The van der Waals surface area contributed by atoms with E-state index >= 15 is 0 Å². The summed E-state index contributed by atoms with van der Waals surface area (Å²) in [6, 6.07) is 23.1. The number of hydrogen-bond acceptors (Lipinski definition) is 3. The van der Waals surface area contributed by atoms with Crippen LogP contribution in [-0.4, -0.2) is 12.5 Å². The summed E-state index contributed by atoms with van der Waals surface area (Å²) in [6.45, 7) is 4.48.